The van der Waals surface area contributed by atoms with Crippen molar-refractivity contribution in [2.75, 3.05) is 40.9 Å². The molecule has 0 aromatic heterocycles. The largest absolute Gasteiger partial charge is 0.462 e. The van der Waals surface area contributed by atoms with E-state index >= 15 is 0 Å². The summed E-state index contributed by atoms with van der Waals surface area (Å²) >= 11 is 0. The highest BCUT2D eigenvalue weighted by atomic mass is 16.5. The Labute approximate surface area is 195 Å². The van der Waals surface area contributed by atoms with Crippen molar-refractivity contribution < 1.29 is 9.47 Å². The molecule has 0 N–H and O–H groups in total. The van der Waals surface area contributed by atoms with Crippen LogP contribution in [0.1, 0.15) is 52.4 Å². The number of aliphatic imine (C=N–C) groups is 1. The molecule has 2 aliphatic heterocycles. The Morgan fingerprint density at radius 3 is 2.47 bits per heavy atom. The molecule has 0 bridgehead atoms. The highest BCUT2D eigenvalue weighted by molar-refractivity contribution is 5.74. The van der Waals surface area contributed by atoms with Gasteiger partial charge in [-0.3, -0.25) is 5.01 Å². The van der Waals surface area contributed by atoms with Crippen LogP contribution < -0.4 is 0 Å². The predicted molar refractivity (Wildman–Crippen MR) is 133 cm³/mol. The van der Waals surface area contributed by atoms with Crippen LogP contribution >= 0.6 is 0 Å². The van der Waals surface area contributed by atoms with Crippen molar-refractivity contribution in [3.63, 3.8) is 0 Å². The summed E-state index contributed by atoms with van der Waals surface area (Å²) in [6.45, 7) is 18.8. The number of nitrogens with zero attached hydrogens (tertiary/aromatic N) is 5. The molecule has 0 spiro atoms. The Bertz CT molecular complexity index is 711. The Morgan fingerprint density at radius 1 is 1.16 bits per heavy atom. The third kappa shape index (κ3) is 7.50. The highest BCUT2D eigenvalue weighted by Gasteiger charge is 2.30. The zero-order valence-corrected chi connectivity index (χ0v) is 20.8. The van der Waals surface area contributed by atoms with E-state index < -0.39 is 0 Å². The highest BCUT2D eigenvalue weighted by Crippen LogP contribution is 2.24. The first-order chi connectivity index (χ1) is 15.2. The number of hydrazine groups is 2. The maximum atomic E-state index is 6.27. The SMILES string of the molecule is C=C(C)/C=C\C(=C)N(C1CCCCO1)N(C)N(C)/C(=N\C(=C)CC)OC[C@@H]1CCCN1C. The van der Waals surface area contributed by atoms with E-state index in [1.807, 2.05) is 50.2 Å². The Morgan fingerprint density at radius 2 is 1.91 bits per heavy atom. The molecule has 2 rings (SSSR count). The molecule has 32 heavy (non-hydrogen) atoms. The molecule has 0 radical (unpaired) electrons. The summed E-state index contributed by atoms with van der Waals surface area (Å²) in [5, 5.41) is 5.95. The summed E-state index contributed by atoms with van der Waals surface area (Å²) in [5.41, 5.74) is 2.57. The standard InChI is InChI=1S/C25H43N5O2/c1-9-21(4)26-25(32-19-23-13-12-17-27(23)6)28(7)29(8)30(22(5)16-15-20(2)3)24-14-10-11-18-31-24/h15-16,23-24H,2,4-5,9-14,17-19H2,1,3,6-8H3/b16-15-,26-25+/t23-,24?/m0/s1. The van der Waals surface area contributed by atoms with Crippen LogP contribution in [-0.2, 0) is 9.47 Å². The second-order valence-corrected chi connectivity index (χ2v) is 8.75. The van der Waals surface area contributed by atoms with E-state index in [0.29, 0.717) is 18.7 Å². The van der Waals surface area contributed by atoms with E-state index in [9.17, 15) is 0 Å². The number of rotatable bonds is 10. The minimum atomic E-state index is -0.102. The first kappa shape index (κ1) is 26.2. The topological polar surface area (TPSA) is 43.8 Å². The van der Waals surface area contributed by atoms with Crippen LogP contribution in [0.15, 0.2) is 53.8 Å². The molecule has 7 nitrogen and oxygen atoms in total. The predicted octanol–water partition coefficient (Wildman–Crippen LogP) is 4.55. The number of likely N-dealkylation sites (tertiary alicyclic amines) is 1. The Balaban J connectivity index is 2.24. The Kier molecular flexibility index (Phi) is 10.5. The normalized spacial score (nSPS) is 22.4. The average molecular weight is 446 g/mol. The lowest BCUT2D eigenvalue weighted by atomic mass is 10.1. The second kappa shape index (κ2) is 12.8. The molecular weight excluding hydrogens is 402 g/mol. The van der Waals surface area contributed by atoms with Gasteiger partial charge >= 0.3 is 6.02 Å². The molecule has 2 atom stereocenters. The Hall–Kier alpha value is -2.09. The summed E-state index contributed by atoms with van der Waals surface area (Å²) in [7, 11) is 6.08. The van der Waals surface area contributed by atoms with Crippen LogP contribution in [0.3, 0.4) is 0 Å². The lowest BCUT2D eigenvalue weighted by Crippen LogP contribution is -2.56. The first-order valence-electron chi connectivity index (χ1n) is 11.7. The van der Waals surface area contributed by atoms with Gasteiger partial charge in [-0.25, -0.2) is 10.0 Å². The fraction of sp³-hybridized carbons (Fsp3) is 0.640. The fourth-order valence-corrected chi connectivity index (χ4v) is 3.83. The van der Waals surface area contributed by atoms with Crippen molar-refractivity contribution in [3.05, 3.63) is 48.9 Å². The van der Waals surface area contributed by atoms with Crippen LogP contribution in [0, 0.1) is 0 Å². The van der Waals surface area contributed by atoms with Gasteiger partial charge in [0.05, 0.1) is 0 Å². The third-order valence-electron chi connectivity index (χ3n) is 6.04. The number of likely N-dealkylation sites (N-methyl/N-ethyl adjacent to an activating group) is 1. The summed E-state index contributed by atoms with van der Waals surface area (Å²) in [5.74, 6) is 0. The van der Waals surface area contributed by atoms with E-state index in [1.165, 1.54) is 6.42 Å². The number of amidine groups is 1. The molecule has 0 amide bonds. The van der Waals surface area contributed by atoms with Gasteiger partial charge in [0.25, 0.3) is 0 Å². The van der Waals surface area contributed by atoms with Crippen molar-refractivity contribution in [1.29, 1.82) is 0 Å². The number of hydrogen-bond donors (Lipinski definition) is 0. The first-order valence-corrected chi connectivity index (χ1v) is 11.7. The van der Waals surface area contributed by atoms with Gasteiger partial charge in [0.2, 0.25) is 0 Å². The van der Waals surface area contributed by atoms with Crippen molar-refractivity contribution >= 4 is 6.02 Å². The van der Waals surface area contributed by atoms with Gasteiger partial charge in [0.15, 0.2) is 0 Å². The quantitative estimate of drug-likeness (QED) is 0.213. The van der Waals surface area contributed by atoms with E-state index in [-0.39, 0.29) is 6.23 Å². The van der Waals surface area contributed by atoms with Gasteiger partial charge in [-0.2, -0.15) is 0 Å². The lowest BCUT2D eigenvalue weighted by molar-refractivity contribution is -0.205. The molecule has 2 fully saturated rings. The van der Waals surface area contributed by atoms with Gasteiger partial charge < -0.3 is 14.4 Å². The smallest absolute Gasteiger partial charge is 0.308 e. The monoisotopic (exact) mass is 445 g/mol. The molecule has 0 aromatic rings. The molecule has 0 aliphatic carbocycles. The van der Waals surface area contributed by atoms with E-state index in [1.54, 1.807) is 0 Å². The molecule has 2 heterocycles. The van der Waals surface area contributed by atoms with E-state index in [2.05, 4.69) is 36.7 Å². The molecule has 7 heteroatoms. The lowest BCUT2D eigenvalue weighted by Gasteiger charge is -2.45. The third-order valence-corrected chi connectivity index (χ3v) is 6.04. The number of ether oxygens (including phenoxy) is 2. The molecule has 1 unspecified atom stereocenters. The fourth-order valence-electron chi connectivity index (χ4n) is 3.83. The van der Waals surface area contributed by atoms with Gasteiger partial charge in [0, 0.05) is 38.1 Å². The minimum Gasteiger partial charge on any atom is -0.462 e. The zero-order chi connectivity index (χ0) is 23.7. The van der Waals surface area contributed by atoms with Crippen LogP contribution in [0.4, 0.5) is 0 Å². The summed E-state index contributed by atoms with van der Waals surface area (Å²) in [6, 6.07) is 0.928. The molecule has 0 aromatic carbocycles. The average Bonchev–Trinajstić information content (AvgIpc) is 3.19. The number of allylic oxidation sites excluding steroid dienone is 4. The minimum absolute atomic E-state index is 0.102. The summed E-state index contributed by atoms with van der Waals surface area (Å²) in [6.07, 6.45) is 10.1. The molecule has 2 aliphatic rings. The second-order valence-electron chi connectivity index (χ2n) is 8.75. The summed E-state index contributed by atoms with van der Waals surface area (Å²) in [4.78, 5) is 7.05. The van der Waals surface area contributed by atoms with Crippen molar-refractivity contribution in [3.8, 4) is 0 Å². The van der Waals surface area contributed by atoms with Crippen molar-refractivity contribution in [2.45, 2.75) is 64.6 Å². The van der Waals surface area contributed by atoms with Gasteiger partial charge in [-0.15, -0.1) is 5.12 Å². The molecule has 0 saturated carbocycles. The van der Waals surface area contributed by atoms with E-state index in [4.69, 9.17) is 14.5 Å². The molecular formula is C25H43N5O2. The van der Waals surface area contributed by atoms with Gasteiger partial charge in [-0.05, 0) is 65.1 Å². The van der Waals surface area contributed by atoms with Gasteiger partial charge in [0.1, 0.15) is 12.8 Å². The maximum absolute atomic E-state index is 6.27. The van der Waals surface area contributed by atoms with Crippen LogP contribution in [0.2, 0.25) is 0 Å². The maximum Gasteiger partial charge on any atom is 0.308 e. The molecule has 2 saturated heterocycles. The molecule has 180 valence electrons. The van der Waals surface area contributed by atoms with Crippen LogP contribution in [-0.4, -0.2) is 79.2 Å². The zero-order valence-electron chi connectivity index (χ0n) is 20.8. The van der Waals surface area contributed by atoms with E-state index in [0.717, 1.165) is 62.2 Å². The number of hydrogen-bond acceptors (Lipinski definition) is 6. The van der Waals surface area contributed by atoms with Crippen molar-refractivity contribution in [2.24, 2.45) is 4.99 Å². The van der Waals surface area contributed by atoms with Crippen molar-refractivity contribution in [1.82, 2.24) is 20.0 Å². The van der Waals surface area contributed by atoms with Crippen LogP contribution in [0.5, 0.6) is 0 Å². The van der Waals surface area contributed by atoms with Gasteiger partial charge in [-0.1, -0.05) is 38.3 Å². The summed E-state index contributed by atoms with van der Waals surface area (Å²) < 4.78 is 12.4. The van der Waals surface area contributed by atoms with Crippen LogP contribution in [0.25, 0.3) is 0 Å².